The number of nitrogens with one attached hydrogen (secondary N) is 2. The zero-order chi connectivity index (χ0) is 20.5. The van der Waals surface area contributed by atoms with Gasteiger partial charge in [-0.1, -0.05) is 30.3 Å². The van der Waals surface area contributed by atoms with Crippen LogP contribution in [0.4, 0.5) is 0 Å². The minimum absolute atomic E-state index is 0.162. The first-order valence-electron chi connectivity index (χ1n) is 9.62. The maximum atomic E-state index is 13.1. The molecule has 148 valence electrons. The smallest absolute Gasteiger partial charge is 0.278 e. The predicted molar refractivity (Wildman–Crippen MR) is 113 cm³/mol. The predicted octanol–water partition coefficient (Wildman–Crippen LogP) is 3.28. The van der Waals surface area contributed by atoms with Gasteiger partial charge in [0.05, 0.1) is 17.8 Å². The molecule has 7 heteroatoms. The molecule has 30 heavy (non-hydrogen) atoms. The second kappa shape index (κ2) is 7.36. The highest BCUT2D eigenvalue weighted by molar-refractivity contribution is 5.61. The van der Waals surface area contributed by atoms with E-state index < -0.39 is 0 Å². The van der Waals surface area contributed by atoms with Gasteiger partial charge in [0.25, 0.3) is 5.56 Å². The highest BCUT2D eigenvalue weighted by atomic mass is 16.3. The average molecular weight is 397 g/mol. The number of phenols is 1. The lowest BCUT2D eigenvalue weighted by molar-refractivity contribution is 0.475. The standard InChI is InChI=1S/C23H19N5O2/c29-17-8-6-16(7-9-17)20-14-28-22(18(26-20)12-15-4-2-1-3-5-15)27-19(23(28)30)13-21-24-10-11-25-21/h1-11,14,26,29H,12-13H2,(H,24,25). The first-order chi connectivity index (χ1) is 14.7. The summed E-state index contributed by atoms with van der Waals surface area (Å²) in [6.07, 6.45) is 6.09. The summed E-state index contributed by atoms with van der Waals surface area (Å²) in [6.45, 7) is 0. The van der Waals surface area contributed by atoms with Gasteiger partial charge < -0.3 is 15.1 Å². The van der Waals surface area contributed by atoms with Crippen molar-refractivity contribution < 1.29 is 5.11 Å². The monoisotopic (exact) mass is 397 g/mol. The van der Waals surface area contributed by atoms with Crippen molar-refractivity contribution in [2.75, 3.05) is 0 Å². The van der Waals surface area contributed by atoms with Gasteiger partial charge in [-0.2, -0.15) is 0 Å². The quantitative estimate of drug-likeness (QED) is 0.424. The van der Waals surface area contributed by atoms with Crippen molar-refractivity contribution in [1.29, 1.82) is 0 Å². The molecule has 0 saturated carbocycles. The Balaban J connectivity index is 1.66. The van der Waals surface area contributed by atoms with Crippen LogP contribution in [0.15, 0.2) is 78.0 Å². The van der Waals surface area contributed by atoms with Crippen molar-refractivity contribution >= 4 is 0 Å². The molecule has 7 nitrogen and oxygen atoms in total. The normalized spacial score (nSPS) is 11.2. The number of benzene rings is 2. The second-order valence-electron chi connectivity index (χ2n) is 7.13. The Morgan fingerprint density at radius 3 is 2.53 bits per heavy atom. The van der Waals surface area contributed by atoms with Gasteiger partial charge in [0.2, 0.25) is 0 Å². The summed E-state index contributed by atoms with van der Waals surface area (Å²) in [5, 5.41) is 9.61. The maximum absolute atomic E-state index is 13.1. The summed E-state index contributed by atoms with van der Waals surface area (Å²) in [4.78, 5) is 28.4. The van der Waals surface area contributed by atoms with Crippen LogP contribution in [0.2, 0.25) is 0 Å². The number of hydrogen-bond donors (Lipinski definition) is 3. The lowest BCUT2D eigenvalue weighted by Gasteiger charge is -2.13. The number of nitrogens with zero attached hydrogens (tertiary/aromatic N) is 3. The molecule has 2 aromatic carbocycles. The molecule has 0 saturated heterocycles. The van der Waals surface area contributed by atoms with Gasteiger partial charge in [0.15, 0.2) is 5.82 Å². The third-order valence-corrected chi connectivity index (χ3v) is 5.04. The molecule has 3 aromatic rings. The first kappa shape index (κ1) is 17.9. The summed E-state index contributed by atoms with van der Waals surface area (Å²) >= 11 is 0. The van der Waals surface area contributed by atoms with Crippen LogP contribution in [-0.2, 0) is 12.8 Å². The van der Waals surface area contributed by atoms with E-state index in [1.54, 1.807) is 35.3 Å². The summed E-state index contributed by atoms with van der Waals surface area (Å²) in [5.74, 6) is 1.49. The van der Waals surface area contributed by atoms with Gasteiger partial charge in [-0.3, -0.25) is 9.36 Å². The van der Waals surface area contributed by atoms with Gasteiger partial charge in [-0.25, -0.2) is 9.97 Å². The largest absolute Gasteiger partial charge is 0.508 e. The number of hydrogen-bond acceptors (Lipinski definition) is 4. The molecule has 1 aromatic heterocycles. The Kier molecular flexibility index (Phi) is 4.40. The molecule has 2 aliphatic rings. The van der Waals surface area contributed by atoms with Crippen LogP contribution >= 0.6 is 0 Å². The van der Waals surface area contributed by atoms with Crippen molar-refractivity contribution in [3.05, 3.63) is 106 Å². The number of fused-ring (bicyclic) bond motifs is 1. The number of rotatable bonds is 5. The Bertz CT molecular complexity index is 1300. The zero-order valence-corrected chi connectivity index (χ0v) is 16.0. The maximum Gasteiger partial charge on any atom is 0.278 e. The van der Waals surface area contributed by atoms with E-state index >= 15 is 0 Å². The Morgan fingerprint density at radius 2 is 1.80 bits per heavy atom. The van der Waals surface area contributed by atoms with Crippen LogP contribution in [0.1, 0.15) is 22.8 Å². The van der Waals surface area contributed by atoms with E-state index in [0.717, 1.165) is 22.5 Å². The first-order valence-corrected chi connectivity index (χ1v) is 9.62. The lowest BCUT2D eigenvalue weighted by atomic mass is 10.1. The van der Waals surface area contributed by atoms with Crippen LogP contribution in [-0.4, -0.2) is 29.6 Å². The van der Waals surface area contributed by atoms with Crippen molar-refractivity contribution in [2.24, 2.45) is 0 Å². The van der Waals surface area contributed by atoms with Crippen LogP contribution < -0.4 is 5.56 Å². The minimum Gasteiger partial charge on any atom is -0.508 e. The van der Waals surface area contributed by atoms with Gasteiger partial charge in [-0.15, -0.1) is 0 Å². The zero-order valence-electron chi connectivity index (χ0n) is 16.0. The molecule has 0 spiro atoms. The van der Waals surface area contributed by atoms with E-state index in [9.17, 15) is 9.90 Å². The third-order valence-electron chi connectivity index (χ3n) is 5.04. The summed E-state index contributed by atoms with van der Waals surface area (Å²) < 4.78 is 1.59. The topological polar surface area (TPSA) is 99.6 Å². The van der Waals surface area contributed by atoms with Crippen LogP contribution in [0, 0.1) is 0 Å². The lowest BCUT2D eigenvalue weighted by Crippen LogP contribution is -2.18. The molecule has 5 rings (SSSR count). The average Bonchev–Trinajstić information content (AvgIpc) is 3.38. The second-order valence-corrected chi connectivity index (χ2v) is 7.13. The Labute approximate surface area is 172 Å². The van der Waals surface area contributed by atoms with Gasteiger partial charge >= 0.3 is 0 Å². The van der Waals surface area contributed by atoms with Crippen molar-refractivity contribution in [3.63, 3.8) is 0 Å². The summed E-state index contributed by atoms with van der Waals surface area (Å²) in [5.41, 5.74) is 3.87. The van der Waals surface area contributed by atoms with E-state index in [4.69, 9.17) is 0 Å². The molecule has 0 amide bonds. The molecule has 0 fully saturated rings. The van der Waals surface area contributed by atoms with E-state index in [0.29, 0.717) is 30.2 Å². The molecular formula is C23H19N5O2. The Morgan fingerprint density at radius 1 is 1.00 bits per heavy atom. The molecule has 0 radical (unpaired) electrons. The van der Waals surface area contributed by atoms with Crippen molar-refractivity contribution in [1.82, 2.24) is 24.5 Å². The fraction of sp³-hybridized carbons (Fsp3) is 0.0870. The number of H-pyrrole nitrogens is 2. The van der Waals surface area contributed by atoms with Gasteiger partial charge in [0, 0.05) is 25.0 Å². The van der Waals surface area contributed by atoms with Gasteiger partial charge in [-0.05, 0) is 35.4 Å². The minimum atomic E-state index is -0.162. The fourth-order valence-corrected chi connectivity index (χ4v) is 3.56. The molecule has 0 unspecified atom stereocenters. The SMILES string of the molecule is O=c1c(Cc2ncc[nH]2)nc2c(Cc3ccccc3)[nH]c(-c3ccc(O)cc3)cn1-2. The van der Waals surface area contributed by atoms with E-state index in [2.05, 4.69) is 19.9 Å². The summed E-state index contributed by atoms with van der Waals surface area (Å²) in [7, 11) is 0. The molecular weight excluding hydrogens is 378 g/mol. The molecule has 0 bridgehead atoms. The van der Waals surface area contributed by atoms with E-state index in [1.807, 2.05) is 42.5 Å². The molecule has 2 aliphatic heterocycles. The van der Waals surface area contributed by atoms with Crippen molar-refractivity contribution in [3.8, 4) is 22.8 Å². The Hall–Kier alpha value is -4.13. The number of imidazole rings is 2. The number of aromatic nitrogens is 5. The molecule has 0 aliphatic carbocycles. The molecule has 3 heterocycles. The number of phenolic OH excluding ortho intramolecular Hbond substituents is 1. The molecule has 3 N–H and O–H groups in total. The fourth-order valence-electron chi connectivity index (χ4n) is 3.56. The number of aromatic hydroxyl groups is 1. The highest BCUT2D eigenvalue weighted by Gasteiger charge is 2.21. The van der Waals surface area contributed by atoms with Crippen LogP contribution in [0.25, 0.3) is 17.1 Å². The third kappa shape index (κ3) is 3.37. The van der Waals surface area contributed by atoms with Gasteiger partial charge in [0.1, 0.15) is 17.3 Å². The van der Waals surface area contributed by atoms with Crippen LogP contribution in [0.5, 0.6) is 5.75 Å². The van der Waals surface area contributed by atoms with Crippen molar-refractivity contribution in [2.45, 2.75) is 12.8 Å². The molecule has 0 atom stereocenters. The number of aromatic amines is 2. The van der Waals surface area contributed by atoms with E-state index in [-0.39, 0.29) is 11.3 Å². The highest BCUT2D eigenvalue weighted by Crippen LogP contribution is 2.25. The summed E-state index contributed by atoms with van der Waals surface area (Å²) in [6, 6.07) is 16.9. The van der Waals surface area contributed by atoms with Crippen LogP contribution in [0.3, 0.4) is 0 Å². The van der Waals surface area contributed by atoms with E-state index in [1.165, 1.54) is 0 Å².